The molecule has 1 aliphatic heterocycles. The Morgan fingerprint density at radius 2 is 2.14 bits per heavy atom. The Morgan fingerprint density at radius 1 is 1.36 bits per heavy atom. The van der Waals surface area contributed by atoms with Crippen molar-refractivity contribution in [1.82, 2.24) is 15.5 Å². The number of hydrogen-bond donors (Lipinski definition) is 2. The number of nitrogens with one attached hydrogen (secondary N) is 2. The number of alkyl halides is 3. The average molecular weight is 357 g/mol. The minimum absolute atomic E-state index is 0. The Bertz CT molecular complexity index is 553. The van der Waals surface area contributed by atoms with E-state index in [1.54, 1.807) is 0 Å². The SMILES string of the molecule is Cl.O=C(Nc1nnc(C(F)(F)F)s1)[C@@]12CCCC[C@H]1CNC2. The number of rotatable bonds is 2. The first-order valence-corrected chi connectivity index (χ1v) is 7.66. The molecule has 1 saturated carbocycles. The molecule has 2 heterocycles. The second-order valence-electron chi connectivity index (χ2n) is 5.59. The Labute approximate surface area is 135 Å². The molecular formula is C12H16ClF3N4OS. The van der Waals surface area contributed by atoms with Crippen molar-refractivity contribution >= 4 is 34.8 Å². The maximum Gasteiger partial charge on any atom is 0.445 e. The molecule has 1 amide bonds. The summed E-state index contributed by atoms with van der Waals surface area (Å²) in [5, 5.41) is 11.1. The van der Waals surface area contributed by atoms with Crippen LogP contribution in [-0.4, -0.2) is 29.2 Å². The lowest BCUT2D eigenvalue weighted by atomic mass is 9.68. The number of fused-ring (bicyclic) bond motifs is 1. The smallest absolute Gasteiger partial charge is 0.315 e. The molecule has 1 aromatic rings. The zero-order chi connectivity index (χ0) is 15.1. The van der Waals surface area contributed by atoms with Gasteiger partial charge in [0.1, 0.15) is 0 Å². The van der Waals surface area contributed by atoms with Crippen LogP contribution in [0, 0.1) is 11.3 Å². The molecule has 0 bridgehead atoms. The number of nitrogens with zero attached hydrogens (tertiary/aromatic N) is 2. The summed E-state index contributed by atoms with van der Waals surface area (Å²) in [6, 6.07) is 0. The maximum absolute atomic E-state index is 12.5. The third kappa shape index (κ3) is 3.07. The van der Waals surface area contributed by atoms with Crippen molar-refractivity contribution in [3.05, 3.63) is 5.01 Å². The van der Waals surface area contributed by atoms with Crippen molar-refractivity contribution in [3.8, 4) is 0 Å². The zero-order valence-corrected chi connectivity index (χ0v) is 13.2. The highest BCUT2D eigenvalue weighted by Crippen LogP contribution is 2.44. The van der Waals surface area contributed by atoms with Crippen molar-refractivity contribution in [3.63, 3.8) is 0 Å². The zero-order valence-electron chi connectivity index (χ0n) is 11.6. The van der Waals surface area contributed by atoms with Crippen LogP contribution < -0.4 is 10.6 Å². The summed E-state index contributed by atoms with van der Waals surface area (Å²) in [5.41, 5.74) is -0.512. The van der Waals surface area contributed by atoms with Gasteiger partial charge in [0.05, 0.1) is 5.41 Å². The van der Waals surface area contributed by atoms with Crippen molar-refractivity contribution in [2.45, 2.75) is 31.9 Å². The average Bonchev–Trinajstić information content (AvgIpc) is 3.04. The van der Waals surface area contributed by atoms with Gasteiger partial charge in [-0.3, -0.25) is 10.1 Å². The molecule has 2 aliphatic rings. The summed E-state index contributed by atoms with van der Waals surface area (Å²) in [6.07, 6.45) is -0.721. The second-order valence-corrected chi connectivity index (χ2v) is 6.57. The summed E-state index contributed by atoms with van der Waals surface area (Å²) in [5.74, 6) is 0.0170. The lowest BCUT2D eigenvalue weighted by molar-refractivity contribution is -0.138. The largest absolute Gasteiger partial charge is 0.445 e. The van der Waals surface area contributed by atoms with Crippen LogP contribution in [0.25, 0.3) is 0 Å². The van der Waals surface area contributed by atoms with E-state index < -0.39 is 16.6 Å². The van der Waals surface area contributed by atoms with E-state index in [2.05, 4.69) is 20.8 Å². The molecule has 22 heavy (non-hydrogen) atoms. The standard InChI is InChI=1S/C12H15F3N4OS.ClH/c13-12(14,15)9-18-19-10(21-9)17-8(20)11-4-2-1-3-7(11)5-16-6-11;/h7,16H,1-6H2,(H,17,19,20);1H/t7-,11+;/m0./s1. The lowest BCUT2D eigenvalue weighted by Crippen LogP contribution is -2.44. The van der Waals surface area contributed by atoms with Gasteiger partial charge in [0, 0.05) is 6.54 Å². The van der Waals surface area contributed by atoms with Gasteiger partial charge in [0.15, 0.2) is 0 Å². The Hall–Kier alpha value is -0.930. The van der Waals surface area contributed by atoms with Gasteiger partial charge in [-0.1, -0.05) is 24.2 Å². The first-order chi connectivity index (χ1) is 9.92. The quantitative estimate of drug-likeness (QED) is 0.855. The van der Waals surface area contributed by atoms with Crippen LogP contribution in [0.3, 0.4) is 0 Å². The molecule has 124 valence electrons. The molecule has 0 radical (unpaired) electrons. The molecule has 1 saturated heterocycles. The van der Waals surface area contributed by atoms with E-state index in [1.807, 2.05) is 0 Å². The topological polar surface area (TPSA) is 66.9 Å². The molecule has 5 nitrogen and oxygen atoms in total. The first kappa shape index (κ1) is 17.4. The van der Waals surface area contributed by atoms with E-state index in [4.69, 9.17) is 0 Å². The van der Waals surface area contributed by atoms with E-state index in [0.29, 0.717) is 17.9 Å². The summed E-state index contributed by atoms with van der Waals surface area (Å²) in [6.45, 7) is 1.37. The fourth-order valence-corrected chi connectivity index (χ4v) is 3.91. The van der Waals surface area contributed by atoms with Crippen LogP contribution >= 0.6 is 23.7 Å². The fraction of sp³-hybridized carbons (Fsp3) is 0.750. The number of anilines is 1. The van der Waals surface area contributed by atoms with Crippen molar-refractivity contribution < 1.29 is 18.0 Å². The molecule has 3 rings (SSSR count). The molecule has 1 aromatic heterocycles. The van der Waals surface area contributed by atoms with Gasteiger partial charge >= 0.3 is 6.18 Å². The first-order valence-electron chi connectivity index (χ1n) is 6.85. The van der Waals surface area contributed by atoms with Gasteiger partial charge in [0.25, 0.3) is 0 Å². The van der Waals surface area contributed by atoms with E-state index >= 15 is 0 Å². The minimum atomic E-state index is -4.53. The number of hydrogen-bond acceptors (Lipinski definition) is 5. The highest BCUT2D eigenvalue weighted by Gasteiger charge is 2.50. The maximum atomic E-state index is 12.5. The minimum Gasteiger partial charge on any atom is -0.315 e. The van der Waals surface area contributed by atoms with Gasteiger partial charge in [-0.2, -0.15) is 13.2 Å². The Balaban J connectivity index is 0.00000176. The summed E-state index contributed by atoms with van der Waals surface area (Å²) < 4.78 is 37.5. The number of carbonyl (C=O) groups excluding carboxylic acids is 1. The molecule has 0 spiro atoms. The number of amides is 1. The molecule has 0 unspecified atom stereocenters. The highest BCUT2D eigenvalue weighted by atomic mass is 35.5. The predicted molar refractivity (Wildman–Crippen MR) is 78.0 cm³/mol. The monoisotopic (exact) mass is 356 g/mol. The highest BCUT2D eigenvalue weighted by molar-refractivity contribution is 7.15. The predicted octanol–water partition coefficient (Wildman–Crippen LogP) is 2.70. The van der Waals surface area contributed by atoms with Gasteiger partial charge in [-0.15, -0.1) is 22.6 Å². The van der Waals surface area contributed by atoms with Gasteiger partial charge in [0.2, 0.25) is 16.0 Å². The van der Waals surface area contributed by atoms with Crippen molar-refractivity contribution in [2.24, 2.45) is 11.3 Å². The number of halogens is 4. The van der Waals surface area contributed by atoms with Crippen LogP contribution in [0.2, 0.25) is 0 Å². The van der Waals surface area contributed by atoms with Crippen molar-refractivity contribution in [1.29, 1.82) is 0 Å². The summed E-state index contributed by atoms with van der Waals surface area (Å²) in [4.78, 5) is 12.5. The van der Waals surface area contributed by atoms with Crippen LogP contribution in [0.1, 0.15) is 30.7 Å². The molecule has 2 N–H and O–H groups in total. The van der Waals surface area contributed by atoms with E-state index in [0.717, 1.165) is 32.2 Å². The summed E-state index contributed by atoms with van der Waals surface area (Å²) >= 11 is 0.363. The molecule has 1 aliphatic carbocycles. The van der Waals surface area contributed by atoms with Crippen molar-refractivity contribution in [2.75, 3.05) is 18.4 Å². The molecule has 10 heteroatoms. The van der Waals surface area contributed by atoms with Crippen LogP contribution in [0.15, 0.2) is 0 Å². The second kappa shape index (κ2) is 6.29. The Kier molecular flexibility index (Phi) is 4.98. The van der Waals surface area contributed by atoms with Crippen LogP contribution in [0.4, 0.5) is 18.3 Å². The van der Waals surface area contributed by atoms with Crippen LogP contribution in [-0.2, 0) is 11.0 Å². The normalized spacial score (nSPS) is 27.9. The lowest BCUT2D eigenvalue weighted by Gasteiger charge is -2.36. The number of aromatic nitrogens is 2. The third-order valence-electron chi connectivity index (χ3n) is 4.38. The third-order valence-corrected chi connectivity index (χ3v) is 5.26. The van der Waals surface area contributed by atoms with Crippen LogP contribution in [0.5, 0.6) is 0 Å². The van der Waals surface area contributed by atoms with E-state index in [-0.39, 0.29) is 29.4 Å². The van der Waals surface area contributed by atoms with Gasteiger partial charge in [-0.05, 0) is 25.3 Å². The van der Waals surface area contributed by atoms with E-state index in [1.165, 1.54) is 0 Å². The fourth-order valence-electron chi connectivity index (χ4n) is 3.30. The molecule has 2 fully saturated rings. The van der Waals surface area contributed by atoms with Gasteiger partial charge in [-0.25, -0.2) is 0 Å². The Morgan fingerprint density at radius 3 is 2.82 bits per heavy atom. The van der Waals surface area contributed by atoms with Gasteiger partial charge < -0.3 is 5.32 Å². The summed E-state index contributed by atoms with van der Waals surface area (Å²) in [7, 11) is 0. The number of carbonyl (C=O) groups is 1. The molecule has 0 aromatic carbocycles. The molecule has 2 atom stereocenters. The molecular weight excluding hydrogens is 341 g/mol. The van der Waals surface area contributed by atoms with E-state index in [9.17, 15) is 18.0 Å².